The number of benzene rings is 1. The largest absolute Gasteiger partial charge is 0.463 e. The van der Waals surface area contributed by atoms with Crippen molar-refractivity contribution in [3.05, 3.63) is 59.9 Å². The smallest absolute Gasteiger partial charge is 0.190 e. The quantitative estimate of drug-likeness (QED) is 0.566. The Morgan fingerprint density at radius 1 is 1.17 bits per heavy atom. The van der Waals surface area contributed by atoms with Gasteiger partial charge in [-0.3, -0.25) is 0 Å². The first-order valence-corrected chi connectivity index (χ1v) is 8.22. The molecule has 0 radical (unpaired) electrons. The van der Waals surface area contributed by atoms with Crippen LogP contribution in [0.4, 0.5) is 5.82 Å². The molecule has 3 aromatic rings. The number of anilines is 1. The topological polar surface area (TPSA) is 74.7 Å². The van der Waals surface area contributed by atoms with Crippen LogP contribution in [0.5, 0.6) is 0 Å². The zero-order valence-electron chi connectivity index (χ0n) is 12.5. The van der Waals surface area contributed by atoms with Crippen molar-refractivity contribution in [3.8, 4) is 17.5 Å². The number of nitrogens with one attached hydrogen (secondary N) is 1. The summed E-state index contributed by atoms with van der Waals surface area (Å²) < 4.78 is 5.40. The summed E-state index contributed by atoms with van der Waals surface area (Å²) in [5.74, 6) is 1.07. The number of rotatable bonds is 5. The highest BCUT2D eigenvalue weighted by Crippen LogP contribution is 2.28. The normalized spacial score (nSPS) is 10.3. The van der Waals surface area contributed by atoms with Crippen LogP contribution >= 0.6 is 11.8 Å². The van der Waals surface area contributed by atoms with E-state index in [1.54, 1.807) is 18.4 Å². The van der Waals surface area contributed by atoms with Crippen LogP contribution in [-0.2, 0) is 6.54 Å². The average molecular weight is 322 g/mol. The van der Waals surface area contributed by atoms with Gasteiger partial charge in [-0.15, -0.1) is 0 Å². The number of nitrogens with zero attached hydrogens (tertiary/aromatic N) is 3. The molecule has 2 aromatic heterocycles. The van der Waals surface area contributed by atoms with Crippen LogP contribution in [0.3, 0.4) is 0 Å². The lowest BCUT2D eigenvalue weighted by Gasteiger charge is -2.11. The van der Waals surface area contributed by atoms with Gasteiger partial charge in [0.15, 0.2) is 10.9 Å². The minimum Gasteiger partial charge on any atom is -0.463 e. The highest BCUT2D eigenvalue weighted by atomic mass is 32.2. The fraction of sp³-hybridized carbons (Fsp3) is 0.118. The Morgan fingerprint density at radius 2 is 2.00 bits per heavy atom. The molecular weight excluding hydrogens is 308 g/mol. The van der Waals surface area contributed by atoms with E-state index in [1.165, 1.54) is 11.8 Å². The molecule has 0 spiro atoms. The van der Waals surface area contributed by atoms with Crippen molar-refractivity contribution in [1.82, 2.24) is 9.97 Å². The van der Waals surface area contributed by atoms with Crippen LogP contribution in [0.1, 0.15) is 11.1 Å². The molecule has 0 aliphatic heterocycles. The highest BCUT2D eigenvalue weighted by Gasteiger charge is 2.17. The van der Waals surface area contributed by atoms with Crippen LogP contribution in [0.25, 0.3) is 11.5 Å². The van der Waals surface area contributed by atoms with Crippen molar-refractivity contribution in [3.63, 3.8) is 0 Å². The molecule has 0 atom stereocenters. The maximum Gasteiger partial charge on any atom is 0.190 e. The van der Waals surface area contributed by atoms with Gasteiger partial charge in [-0.25, -0.2) is 9.97 Å². The van der Waals surface area contributed by atoms with Gasteiger partial charge in [0, 0.05) is 6.54 Å². The third-order valence-corrected chi connectivity index (χ3v) is 3.79. The highest BCUT2D eigenvalue weighted by molar-refractivity contribution is 7.98. The maximum absolute atomic E-state index is 9.54. The summed E-state index contributed by atoms with van der Waals surface area (Å²) in [6, 6.07) is 15.7. The molecule has 3 rings (SSSR count). The van der Waals surface area contributed by atoms with Crippen molar-refractivity contribution in [2.45, 2.75) is 11.7 Å². The first kappa shape index (κ1) is 15.1. The molecule has 1 aromatic carbocycles. The molecule has 0 amide bonds. The van der Waals surface area contributed by atoms with Crippen LogP contribution < -0.4 is 5.32 Å². The van der Waals surface area contributed by atoms with Crippen molar-refractivity contribution >= 4 is 17.6 Å². The fourth-order valence-electron chi connectivity index (χ4n) is 2.14. The summed E-state index contributed by atoms with van der Waals surface area (Å²) >= 11 is 1.42. The number of thioether (sulfide) groups is 1. The molecule has 0 aliphatic rings. The van der Waals surface area contributed by atoms with Gasteiger partial charge in [0.25, 0.3) is 0 Å². The lowest BCUT2D eigenvalue weighted by molar-refractivity contribution is 0.578. The van der Waals surface area contributed by atoms with E-state index in [9.17, 15) is 5.26 Å². The number of hydrogen-bond acceptors (Lipinski definition) is 6. The van der Waals surface area contributed by atoms with E-state index in [0.29, 0.717) is 34.5 Å². The SMILES string of the molecule is CSc1nc(NCc2ccccc2)c(C#N)c(-c2ccco2)n1. The van der Waals surface area contributed by atoms with Crippen LogP contribution in [-0.4, -0.2) is 16.2 Å². The minimum absolute atomic E-state index is 0.383. The zero-order valence-corrected chi connectivity index (χ0v) is 13.3. The van der Waals surface area contributed by atoms with Gasteiger partial charge in [-0.2, -0.15) is 5.26 Å². The van der Waals surface area contributed by atoms with Gasteiger partial charge in [-0.1, -0.05) is 42.1 Å². The van der Waals surface area contributed by atoms with Gasteiger partial charge in [0.1, 0.15) is 23.1 Å². The van der Waals surface area contributed by atoms with Crippen LogP contribution in [0, 0.1) is 11.3 Å². The first-order chi connectivity index (χ1) is 11.3. The molecule has 23 heavy (non-hydrogen) atoms. The molecule has 0 bridgehead atoms. The summed E-state index contributed by atoms with van der Waals surface area (Å²) in [6.45, 7) is 0.581. The van der Waals surface area contributed by atoms with E-state index in [0.717, 1.165) is 5.56 Å². The van der Waals surface area contributed by atoms with Gasteiger partial charge < -0.3 is 9.73 Å². The molecule has 114 valence electrons. The molecule has 0 unspecified atom stereocenters. The van der Waals surface area contributed by atoms with Crippen molar-refractivity contribution in [2.75, 3.05) is 11.6 Å². The van der Waals surface area contributed by atoms with Gasteiger partial charge >= 0.3 is 0 Å². The van der Waals surface area contributed by atoms with Crippen molar-refractivity contribution in [2.24, 2.45) is 0 Å². The van der Waals surface area contributed by atoms with Gasteiger partial charge in [-0.05, 0) is 24.0 Å². The molecule has 2 heterocycles. The van der Waals surface area contributed by atoms with Crippen molar-refractivity contribution in [1.29, 1.82) is 5.26 Å². The van der Waals surface area contributed by atoms with E-state index in [2.05, 4.69) is 21.4 Å². The Morgan fingerprint density at radius 3 is 2.65 bits per heavy atom. The van der Waals surface area contributed by atoms with E-state index >= 15 is 0 Å². The van der Waals surface area contributed by atoms with Crippen LogP contribution in [0.15, 0.2) is 58.3 Å². The molecule has 6 heteroatoms. The third-order valence-electron chi connectivity index (χ3n) is 3.24. The Hall–Kier alpha value is -2.78. The molecule has 0 aliphatic carbocycles. The first-order valence-electron chi connectivity index (χ1n) is 6.99. The lowest BCUT2D eigenvalue weighted by atomic mass is 10.1. The molecule has 0 saturated carbocycles. The standard InChI is InChI=1S/C17H14N4OS/c1-23-17-20-15(14-8-5-9-22-14)13(10-18)16(21-17)19-11-12-6-3-2-4-7-12/h2-9H,11H2,1H3,(H,19,20,21). The summed E-state index contributed by atoms with van der Waals surface area (Å²) in [6.07, 6.45) is 3.46. The van der Waals surface area contributed by atoms with Crippen molar-refractivity contribution < 1.29 is 4.42 Å². The summed E-state index contributed by atoms with van der Waals surface area (Å²) in [5.41, 5.74) is 2.00. The van der Waals surface area contributed by atoms with Gasteiger partial charge in [0.2, 0.25) is 0 Å². The van der Waals surface area contributed by atoms with E-state index in [4.69, 9.17) is 4.42 Å². The summed E-state index contributed by atoms with van der Waals surface area (Å²) in [7, 11) is 0. The molecule has 0 saturated heterocycles. The second-order valence-corrected chi connectivity index (χ2v) is 5.48. The third kappa shape index (κ3) is 3.35. The Kier molecular flexibility index (Phi) is 4.60. The number of furan rings is 1. The number of nitriles is 1. The van der Waals surface area contributed by atoms with E-state index < -0.39 is 0 Å². The average Bonchev–Trinajstić information content (AvgIpc) is 3.14. The second kappa shape index (κ2) is 6.99. The number of aromatic nitrogens is 2. The zero-order chi connectivity index (χ0) is 16.1. The second-order valence-electron chi connectivity index (χ2n) is 4.71. The number of hydrogen-bond donors (Lipinski definition) is 1. The fourth-order valence-corrected chi connectivity index (χ4v) is 2.50. The Balaban J connectivity index is 1.98. The minimum atomic E-state index is 0.383. The maximum atomic E-state index is 9.54. The van der Waals surface area contributed by atoms with Crippen LogP contribution in [0.2, 0.25) is 0 Å². The summed E-state index contributed by atoms with van der Waals surface area (Å²) in [5, 5.41) is 13.4. The molecule has 1 N–H and O–H groups in total. The lowest BCUT2D eigenvalue weighted by Crippen LogP contribution is -2.07. The Bertz CT molecular complexity index is 826. The predicted octanol–water partition coefficient (Wildman–Crippen LogP) is 3.94. The Labute approximate surface area is 138 Å². The molecule has 0 fully saturated rings. The summed E-state index contributed by atoms with van der Waals surface area (Å²) in [4.78, 5) is 8.84. The van der Waals surface area contributed by atoms with E-state index in [-0.39, 0.29) is 0 Å². The monoisotopic (exact) mass is 322 g/mol. The van der Waals surface area contributed by atoms with E-state index in [1.807, 2.05) is 36.6 Å². The predicted molar refractivity (Wildman–Crippen MR) is 90.0 cm³/mol. The van der Waals surface area contributed by atoms with Gasteiger partial charge in [0.05, 0.1) is 6.26 Å². The molecule has 5 nitrogen and oxygen atoms in total. The molecular formula is C17H14N4OS.